The van der Waals surface area contributed by atoms with Crippen LogP contribution in [-0.4, -0.2) is 23.0 Å². The van der Waals surface area contributed by atoms with Gasteiger partial charge in [-0.05, 0) is 24.6 Å². The molecule has 0 saturated heterocycles. The normalized spacial score (nSPS) is 12.5. The highest BCUT2D eigenvalue weighted by atomic mass is 19.4. The molecule has 0 saturated carbocycles. The van der Waals surface area contributed by atoms with Crippen molar-refractivity contribution in [3.05, 3.63) is 57.8 Å². The second-order valence-corrected chi connectivity index (χ2v) is 4.92. The van der Waals surface area contributed by atoms with Crippen LogP contribution in [0.1, 0.15) is 34.6 Å². The number of rotatable bonds is 4. The summed E-state index contributed by atoms with van der Waals surface area (Å²) in [5.74, 6) is -0.616. The highest BCUT2D eigenvalue weighted by molar-refractivity contribution is 5.96. The Morgan fingerprint density at radius 1 is 1.33 bits per heavy atom. The van der Waals surface area contributed by atoms with Gasteiger partial charge in [-0.3, -0.25) is 14.6 Å². The second-order valence-electron chi connectivity index (χ2n) is 4.92. The van der Waals surface area contributed by atoms with E-state index in [1.807, 2.05) is 0 Å². The number of hydrogen-bond donors (Lipinski definition) is 2. The first-order valence-electron chi connectivity index (χ1n) is 6.83. The lowest BCUT2D eigenvalue weighted by molar-refractivity contribution is -0.141. The van der Waals surface area contributed by atoms with Gasteiger partial charge in [0.05, 0.1) is 13.2 Å². The number of carbonyl (C=O) groups is 1. The van der Waals surface area contributed by atoms with Crippen molar-refractivity contribution in [2.24, 2.45) is 0 Å². The summed E-state index contributed by atoms with van der Waals surface area (Å²) in [7, 11) is 1.31. The van der Waals surface area contributed by atoms with Crippen molar-refractivity contribution < 1.29 is 22.7 Å². The first kappa shape index (κ1) is 17.5. The molecule has 0 aromatic carbocycles. The van der Waals surface area contributed by atoms with Crippen molar-refractivity contribution in [2.75, 3.05) is 7.11 Å². The fourth-order valence-corrected chi connectivity index (χ4v) is 2.03. The van der Waals surface area contributed by atoms with Crippen LogP contribution in [0.5, 0.6) is 5.75 Å². The van der Waals surface area contributed by atoms with E-state index >= 15 is 0 Å². The summed E-state index contributed by atoms with van der Waals surface area (Å²) in [6.07, 6.45) is -2.17. The fraction of sp³-hybridized carbons (Fsp3) is 0.267. The number of ether oxygens (including phenoxy) is 1. The Bertz CT molecular complexity index is 785. The van der Waals surface area contributed by atoms with Gasteiger partial charge in [0.25, 0.3) is 11.5 Å². The van der Waals surface area contributed by atoms with Crippen molar-refractivity contribution in [1.82, 2.24) is 15.3 Å². The maximum Gasteiger partial charge on any atom is 0.433 e. The van der Waals surface area contributed by atoms with E-state index in [1.54, 1.807) is 6.92 Å². The van der Waals surface area contributed by atoms with Gasteiger partial charge in [-0.15, -0.1) is 0 Å². The number of H-pyrrole nitrogens is 1. The van der Waals surface area contributed by atoms with Gasteiger partial charge in [0, 0.05) is 12.4 Å². The molecule has 0 bridgehead atoms. The van der Waals surface area contributed by atoms with Crippen LogP contribution in [0.2, 0.25) is 0 Å². The van der Waals surface area contributed by atoms with Crippen LogP contribution in [0.4, 0.5) is 13.2 Å². The zero-order valence-electron chi connectivity index (χ0n) is 12.8. The minimum absolute atomic E-state index is 0.0917. The Hall–Kier alpha value is -2.84. The van der Waals surface area contributed by atoms with Gasteiger partial charge in [-0.25, -0.2) is 0 Å². The highest BCUT2D eigenvalue weighted by Gasteiger charge is 2.32. The molecule has 1 atom stereocenters. The van der Waals surface area contributed by atoms with Crippen molar-refractivity contribution in [2.45, 2.75) is 19.1 Å². The zero-order valence-corrected chi connectivity index (χ0v) is 12.8. The molecule has 1 amide bonds. The second kappa shape index (κ2) is 6.73. The summed E-state index contributed by atoms with van der Waals surface area (Å²) in [4.78, 5) is 29.7. The third-order valence-electron chi connectivity index (χ3n) is 3.29. The molecule has 2 aromatic heterocycles. The summed E-state index contributed by atoms with van der Waals surface area (Å²) in [5, 5.41) is 2.53. The number of amides is 1. The van der Waals surface area contributed by atoms with Crippen LogP contribution in [0, 0.1) is 0 Å². The summed E-state index contributed by atoms with van der Waals surface area (Å²) >= 11 is 0. The lowest BCUT2D eigenvalue weighted by Crippen LogP contribution is -2.32. The first-order valence-corrected chi connectivity index (χ1v) is 6.83. The largest absolute Gasteiger partial charge is 0.496 e. The van der Waals surface area contributed by atoms with Crippen molar-refractivity contribution in [1.29, 1.82) is 0 Å². The lowest BCUT2D eigenvalue weighted by Gasteiger charge is -2.15. The van der Waals surface area contributed by atoms with Gasteiger partial charge in [0.15, 0.2) is 0 Å². The van der Waals surface area contributed by atoms with Crippen LogP contribution in [0.3, 0.4) is 0 Å². The molecule has 0 radical (unpaired) electrons. The van der Waals surface area contributed by atoms with Crippen LogP contribution < -0.4 is 15.6 Å². The number of nitrogens with zero attached hydrogens (tertiary/aromatic N) is 1. The van der Waals surface area contributed by atoms with E-state index in [9.17, 15) is 22.8 Å². The SMILES string of the molecule is COc1cc[nH]c(=O)c1C(=O)N[C@@H](C)c1ccc(C(F)(F)F)nc1. The molecule has 0 aliphatic heterocycles. The van der Waals surface area contributed by atoms with Gasteiger partial charge < -0.3 is 15.0 Å². The standard InChI is InChI=1S/C15H14F3N3O3/c1-8(9-3-4-11(20-7-9)15(16,17)18)21-14(23)12-10(24-2)5-6-19-13(12)22/h3-8H,1-2H3,(H,19,22)(H,21,23)/t8-/m0/s1. The zero-order chi connectivity index (χ0) is 17.9. The van der Waals surface area contributed by atoms with Crippen molar-refractivity contribution >= 4 is 5.91 Å². The maximum atomic E-state index is 12.5. The number of carbonyl (C=O) groups excluding carboxylic acids is 1. The summed E-state index contributed by atoms with van der Waals surface area (Å²) < 4.78 is 42.5. The van der Waals surface area contributed by atoms with Crippen LogP contribution >= 0.6 is 0 Å². The van der Waals surface area contributed by atoms with E-state index in [4.69, 9.17) is 4.74 Å². The highest BCUT2D eigenvalue weighted by Crippen LogP contribution is 2.28. The van der Waals surface area contributed by atoms with E-state index in [0.717, 1.165) is 12.3 Å². The molecule has 0 spiro atoms. The smallest absolute Gasteiger partial charge is 0.433 e. The average molecular weight is 341 g/mol. The van der Waals surface area contributed by atoms with Gasteiger partial charge in [0.2, 0.25) is 0 Å². The number of alkyl halides is 3. The Kier molecular flexibility index (Phi) is 4.91. The van der Waals surface area contributed by atoms with E-state index < -0.39 is 29.4 Å². The molecular formula is C15H14F3N3O3. The first-order chi connectivity index (χ1) is 11.2. The van der Waals surface area contributed by atoms with Crippen LogP contribution in [0.15, 0.2) is 35.4 Å². The van der Waals surface area contributed by atoms with Crippen LogP contribution in [0.25, 0.3) is 0 Å². The van der Waals surface area contributed by atoms with E-state index in [0.29, 0.717) is 5.56 Å². The molecule has 0 aliphatic rings. The Balaban J connectivity index is 2.19. The minimum atomic E-state index is -4.53. The van der Waals surface area contributed by atoms with Crippen molar-refractivity contribution in [3.63, 3.8) is 0 Å². The number of aromatic nitrogens is 2. The number of aromatic amines is 1. The number of nitrogens with one attached hydrogen (secondary N) is 2. The van der Waals surface area contributed by atoms with E-state index in [1.165, 1.54) is 25.4 Å². The van der Waals surface area contributed by atoms with Gasteiger partial charge >= 0.3 is 6.18 Å². The maximum absolute atomic E-state index is 12.5. The molecular weight excluding hydrogens is 327 g/mol. The van der Waals surface area contributed by atoms with Crippen LogP contribution in [-0.2, 0) is 6.18 Å². The Labute approximate surface area is 134 Å². The number of methoxy groups -OCH3 is 1. The molecule has 2 rings (SSSR count). The van der Waals surface area contributed by atoms with Crippen molar-refractivity contribution in [3.8, 4) is 5.75 Å². The van der Waals surface area contributed by atoms with E-state index in [-0.39, 0.29) is 11.3 Å². The Morgan fingerprint density at radius 2 is 2.04 bits per heavy atom. The fourth-order valence-electron chi connectivity index (χ4n) is 2.03. The third-order valence-corrected chi connectivity index (χ3v) is 3.29. The summed E-state index contributed by atoms with van der Waals surface area (Å²) in [6, 6.07) is 2.80. The lowest BCUT2D eigenvalue weighted by atomic mass is 10.1. The minimum Gasteiger partial charge on any atom is -0.496 e. The van der Waals surface area contributed by atoms with Gasteiger partial charge in [0.1, 0.15) is 17.0 Å². The van der Waals surface area contributed by atoms with Gasteiger partial charge in [-0.2, -0.15) is 13.2 Å². The molecule has 0 unspecified atom stereocenters. The Morgan fingerprint density at radius 3 is 2.58 bits per heavy atom. The molecule has 2 heterocycles. The number of pyridine rings is 2. The monoisotopic (exact) mass is 341 g/mol. The molecule has 24 heavy (non-hydrogen) atoms. The molecule has 9 heteroatoms. The predicted molar refractivity (Wildman–Crippen MR) is 78.7 cm³/mol. The third kappa shape index (κ3) is 3.73. The van der Waals surface area contributed by atoms with E-state index in [2.05, 4.69) is 15.3 Å². The molecule has 2 N–H and O–H groups in total. The van der Waals surface area contributed by atoms with Gasteiger partial charge in [-0.1, -0.05) is 6.07 Å². The predicted octanol–water partition coefficient (Wildman–Crippen LogP) is 2.29. The number of halogens is 3. The molecule has 0 fully saturated rings. The molecule has 6 nitrogen and oxygen atoms in total. The summed E-state index contributed by atoms with van der Waals surface area (Å²) in [5.41, 5.74) is -1.51. The summed E-state index contributed by atoms with van der Waals surface area (Å²) in [6.45, 7) is 1.56. The topological polar surface area (TPSA) is 84.1 Å². The molecule has 128 valence electrons. The molecule has 0 aliphatic carbocycles. The number of hydrogen-bond acceptors (Lipinski definition) is 4. The molecule has 2 aromatic rings. The quantitative estimate of drug-likeness (QED) is 0.894. The average Bonchev–Trinajstić information content (AvgIpc) is 2.53.